The van der Waals surface area contributed by atoms with Gasteiger partial charge in [-0.25, -0.2) is 0 Å². The topological polar surface area (TPSA) is 49.4 Å². The van der Waals surface area contributed by atoms with Crippen LogP contribution in [0.5, 0.6) is 0 Å². The second kappa shape index (κ2) is 8.12. The fourth-order valence-electron chi connectivity index (χ4n) is 1.77. The molecule has 0 aliphatic carbocycles. The van der Waals surface area contributed by atoms with Crippen LogP contribution in [0, 0.1) is 0 Å². The van der Waals surface area contributed by atoms with E-state index in [1.807, 2.05) is 6.92 Å². The number of halogens is 2. The predicted molar refractivity (Wildman–Crippen MR) is 82.4 cm³/mol. The molecule has 0 atom stereocenters. The van der Waals surface area contributed by atoms with E-state index in [0.717, 1.165) is 6.42 Å². The van der Waals surface area contributed by atoms with E-state index >= 15 is 0 Å². The molecule has 4 nitrogen and oxygen atoms in total. The number of benzene rings is 1. The lowest BCUT2D eigenvalue weighted by molar-refractivity contribution is -0.121. The number of hydrogen-bond acceptors (Lipinski definition) is 2. The van der Waals surface area contributed by atoms with Gasteiger partial charge in [-0.2, -0.15) is 0 Å². The summed E-state index contributed by atoms with van der Waals surface area (Å²) in [4.78, 5) is 24.6. The Morgan fingerprint density at radius 3 is 2.55 bits per heavy atom. The highest BCUT2D eigenvalue weighted by atomic mass is 35.5. The van der Waals surface area contributed by atoms with Crippen molar-refractivity contribution in [3.8, 4) is 0 Å². The van der Waals surface area contributed by atoms with Crippen LogP contribution in [0.4, 0.5) is 5.69 Å². The van der Waals surface area contributed by atoms with Gasteiger partial charge in [-0.3, -0.25) is 9.59 Å². The Bertz CT molecular complexity index is 492. The van der Waals surface area contributed by atoms with Gasteiger partial charge in [0.15, 0.2) is 0 Å². The second-order valence-electron chi connectivity index (χ2n) is 4.37. The minimum atomic E-state index is -0.140. The largest absolute Gasteiger partial charge is 0.354 e. The molecule has 1 aromatic carbocycles. The van der Waals surface area contributed by atoms with E-state index in [0.29, 0.717) is 35.2 Å². The van der Waals surface area contributed by atoms with Crippen molar-refractivity contribution >= 4 is 40.7 Å². The van der Waals surface area contributed by atoms with Crippen LogP contribution in [0.25, 0.3) is 0 Å². The minimum absolute atomic E-state index is 0.0156. The molecule has 0 aromatic heterocycles. The molecule has 0 saturated heterocycles. The Balaban J connectivity index is 2.70. The van der Waals surface area contributed by atoms with Crippen molar-refractivity contribution in [2.45, 2.75) is 26.7 Å². The molecule has 1 N–H and O–H groups in total. The Kier molecular flexibility index (Phi) is 6.82. The molecule has 0 saturated carbocycles. The Morgan fingerprint density at radius 1 is 1.30 bits per heavy atom. The van der Waals surface area contributed by atoms with Crippen LogP contribution in [0.1, 0.15) is 26.7 Å². The van der Waals surface area contributed by atoms with Crippen LogP contribution >= 0.6 is 23.2 Å². The summed E-state index contributed by atoms with van der Waals surface area (Å²) in [5, 5.41) is 3.69. The number of anilines is 1. The molecule has 0 spiro atoms. The standard InChI is InChI=1S/C14H18Cl2N2O2/c1-3-4-14(20)17-7-8-18(10(2)19)13-6-5-11(15)9-12(13)16/h5-6,9H,3-4,7-8H2,1-2H3,(H,17,20). The molecule has 110 valence electrons. The smallest absolute Gasteiger partial charge is 0.223 e. The number of carbonyl (C=O) groups is 2. The first kappa shape index (κ1) is 16.8. The molecular weight excluding hydrogens is 299 g/mol. The lowest BCUT2D eigenvalue weighted by Gasteiger charge is -2.22. The molecule has 0 heterocycles. The highest BCUT2D eigenvalue weighted by Crippen LogP contribution is 2.28. The molecule has 1 rings (SSSR count). The van der Waals surface area contributed by atoms with Crippen LogP contribution < -0.4 is 10.2 Å². The average molecular weight is 317 g/mol. The molecular formula is C14H18Cl2N2O2. The molecule has 0 aliphatic rings. The lowest BCUT2D eigenvalue weighted by atomic mass is 10.2. The van der Waals surface area contributed by atoms with E-state index < -0.39 is 0 Å². The number of carbonyl (C=O) groups excluding carboxylic acids is 2. The van der Waals surface area contributed by atoms with Crippen molar-refractivity contribution in [2.24, 2.45) is 0 Å². The first-order valence-corrected chi connectivity index (χ1v) is 7.21. The molecule has 2 amide bonds. The third kappa shape index (κ3) is 5.02. The monoisotopic (exact) mass is 316 g/mol. The summed E-state index contributed by atoms with van der Waals surface area (Å²) in [6.45, 7) is 4.15. The van der Waals surface area contributed by atoms with Crippen LogP contribution in [0.15, 0.2) is 18.2 Å². The summed E-state index contributed by atoms with van der Waals surface area (Å²) >= 11 is 11.9. The van der Waals surface area contributed by atoms with E-state index in [1.165, 1.54) is 11.8 Å². The minimum Gasteiger partial charge on any atom is -0.354 e. The quantitative estimate of drug-likeness (QED) is 0.875. The molecule has 0 aliphatic heterocycles. The third-order valence-corrected chi connectivity index (χ3v) is 3.25. The maximum atomic E-state index is 11.7. The van der Waals surface area contributed by atoms with Crippen LogP contribution in [-0.2, 0) is 9.59 Å². The first-order chi connectivity index (χ1) is 9.45. The Morgan fingerprint density at radius 2 is 2.00 bits per heavy atom. The van der Waals surface area contributed by atoms with Gasteiger partial charge in [-0.15, -0.1) is 0 Å². The van der Waals surface area contributed by atoms with Crippen molar-refractivity contribution in [3.05, 3.63) is 28.2 Å². The van der Waals surface area contributed by atoms with E-state index in [2.05, 4.69) is 5.32 Å². The molecule has 0 fully saturated rings. The molecule has 1 aromatic rings. The maximum Gasteiger partial charge on any atom is 0.223 e. The summed E-state index contributed by atoms with van der Waals surface area (Å²) in [6, 6.07) is 4.96. The zero-order valence-electron chi connectivity index (χ0n) is 11.6. The van der Waals surface area contributed by atoms with Crippen molar-refractivity contribution in [1.29, 1.82) is 0 Å². The Hall–Kier alpha value is -1.26. The zero-order valence-corrected chi connectivity index (χ0v) is 13.1. The highest BCUT2D eigenvalue weighted by Gasteiger charge is 2.15. The Labute approximate surface area is 129 Å². The first-order valence-electron chi connectivity index (χ1n) is 6.45. The summed E-state index contributed by atoms with van der Waals surface area (Å²) < 4.78 is 0. The third-order valence-electron chi connectivity index (χ3n) is 2.72. The number of nitrogens with zero attached hydrogens (tertiary/aromatic N) is 1. The van der Waals surface area contributed by atoms with Crippen LogP contribution in [0.2, 0.25) is 10.0 Å². The van der Waals surface area contributed by atoms with Gasteiger partial charge in [0.1, 0.15) is 0 Å². The fraction of sp³-hybridized carbons (Fsp3) is 0.429. The van der Waals surface area contributed by atoms with Gasteiger partial charge >= 0.3 is 0 Å². The zero-order chi connectivity index (χ0) is 15.1. The summed E-state index contributed by atoms with van der Waals surface area (Å²) in [6.07, 6.45) is 1.28. The van der Waals surface area contributed by atoms with Gasteiger partial charge in [-0.05, 0) is 24.6 Å². The number of amides is 2. The summed E-state index contributed by atoms with van der Waals surface area (Å²) in [5.41, 5.74) is 0.591. The SMILES string of the molecule is CCCC(=O)NCCN(C(C)=O)c1ccc(Cl)cc1Cl. The molecule has 0 unspecified atom stereocenters. The lowest BCUT2D eigenvalue weighted by Crippen LogP contribution is -2.37. The fourth-order valence-corrected chi connectivity index (χ4v) is 2.28. The number of rotatable bonds is 6. The van der Waals surface area contributed by atoms with E-state index in [1.54, 1.807) is 18.2 Å². The van der Waals surface area contributed by atoms with Crippen LogP contribution in [0.3, 0.4) is 0 Å². The van der Waals surface area contributed by atoms with Gasteiger partial charge < -0.3 is 10.2 Å². The van der Waals surface area contributed by atoms with Gasteiger partial charge in [-0.1, -0.05) is 30.1 Å². The molecule has 0 radical (unpaired) electrons. The molecule has 0 bridgehead atoms. The van der Waals surface area contributed by atoms with Gasteiger partial charge in [0.05, 0.1) is 10.7 Å². The van der Waals surface area contributed by atoms with Gasteiger partial charge in [0, 0.05) is 31.5 Å². The van der Waals surface area contributed by atoms with Crippen molar-refractivity contribution < 1.29 is 9.59 Å². The van der Waals surface area contributed by atoms with Crippen molar-refractivity contribution in [1.82, 2.24) is 5.32 Å². The summed E-state index contributed by atoms with van der Waals surface area (Å²) in [5.74, 6) is -0.155. The maximum absolute atomic E-state index is 11.7. The van der Waals surface area contributed by atoms with E-state index in [4.69, 9.17) is 23.2 Å². The van der Waals surface area contributed by atoms with Gasteiger partial charge in [0.25, 0.3) is 0 Å². The van der Waals surface area contributed by atoms with Crippen molar-refractivity contribution in [2.75, 3.05) is 18.0 Å². The normalized spacial score (nSPS) is 10.2. The highest BCUT2D eigenvalue weighted by molar-refractivity contribution is 6.36. The number of nitrogens with one attached hydrogen (secondary N) is 1. The number of hydrogen-bond donors (Lipinski definition) is 1. The summed E-state index contributed by atoms with van der Waals surface area (Å²) in [7, 11) is 0. The van der Waals surface area contributed by atoms with Crippen LogP contribution in [-0.4, -0.2) is 24.9 Å². The van der Waals surface area contributed by atoms with E-state index in [-0.39, 0.29) is 11.8 Å². The molecule has 20 heavy (non-hydrogen) atoms. The van der Waals surface area contributed by atoms with Crippen molar-refractivity contribution in [3.63, 3.8) is 0 Å². The predicted octanol–water partition coefficient (Wildman–Crippen LogP) is 3.26. The van der Waals surface area contributed by atoms with Gasteiger partial charge in [0.2, 0.25) is 11.8 Å². The van der Waals surface area contributed by atoms with E-state index in [9.17, 15) is 9.59 Å². The molecule has 6 heteroatoms. The average Bonchev–Trinajstić information content (AvgIpc) is 2.36. The second-order valence-corrected chi connectivity index (χ2v) is 5.21.